The Bertz CT molecular complexity index is 504. The smallest absolute Gasteiger partial charge is 0.335 e. The molecule has 0 saturated heterocycles. The summed E-state index contributed by atoms with van der Waals surface area (Å²) >= 11 is 1.73. The third-order valence-corrected chi connectivity index (χ3v) is 2.82. The number of aromatic carboxylic acids is 1. The van der Waals surface area contributed by atoms with E-state index in [-0.39, 0.29) is 0 Å². The van der Waals surface area contributed by atoms with E-state index in [9.17, 15) is 4.79 Å². The Labute approximate surface area is 91.5 Å². The molecule has 3 nitrogen and oxygen atoms in total. The average Bonchev–Trinajstić information content (AvgIpc) is 2.59. The Hall–Kier alpha value is -1.42. The number of benzene rings is 1. The summed E-state index contributed by atoms with van der Waals surface area (Å²) in [6.07, 6.45) is 2.04. The molecule has 2 rings (SSSR count). The Morgan fingerprint density at radius 2 is 2.27 bits per heavy atom. The highest BCUT2D eigenvalue weighted by atomic mass is 32.2. The van der Waals surface area contributed by atoms with E-state index in [0.717, 1.165) is 22.3 Å². The minimum Gasteiger partial charge on any atom is -0.478 e. The van der Waals surface area contributed by atoms with Gasteiger partial charge in [0, 0.05) is 17.0 Å². The number of rotatable bonds is 3. The van der Waals surface area contributed by atoms with Crippen LogP contribution in [0.4, 0.5) is 0 Å². The van der Waals surface area contributed by atoms with Crippen LogP contribution in [-0.4, -0.2) is 22.3 Å². The first kappa shape index (κ1) is 10.1. The number of carboxylic acid groups (broad SMARTS) is 1. The lowest BCUT2D eigenvalue weighted by molar-refractivity contribution is 0.0697. The van der Waals surface area contributed by atoms with E-state index in [1.165, 1.54) is 0 Å². The Morgan fingerprint density at radius 3 is 2.93 bits per heavy atom. The van der Waals surface area contributed by atoms with Gasteiger partial charge in [0.15, 0.2) is 0 Å². The number of hydrogen-bond acceptors (Lipinski definition) is 2. The second-order valence-electron chi connectivity index (χ2n) is 3.33. The molecule has 4 heteroatoms. The van der Waals surface area contributed by atoms with E-state index in [0.29, 0.717) is 5.56 Å². The molecule has 0 aliphatic carbocycles. The maximum atomic E-state index is 10.8. The van der Waals surface area contributed by atoms with Gasteiger partial charge >= 0.3 is 5.97 Å². The first-order valence-corrected chi connectivity index (χ1v) is 5.94. The van der Waals surface area contributed by atoms with Gasteiger partial charge < -0.3 is 10.1 Å². The maximum Gasteiger partial charge on any atom is 0.335 e. The molecule has 0 atom stereocenters. The molecule has 78 valence electrons. The average molecular weight is 221 g/mol. The fraction of sp³-hybridized carbons (Fsp3) is 0.182. The number of nitrogens with one attached hydrogen (secondary N) is 1. The fourth-order valence-electron chi connectivity index (χ4n) is 1.55. The molecule has 0 aliphatic rings. The molecule has 1 aromatic carbocycles. The zero-order valence-electron chi connectivity index (χ0n) is 8.28. The standard InChI is InChI=1S/C11H11NO2S/c1-15-6-9-4-7-2-3-8(11(13)14)5-10(7)12-9/h2-5,12H,6H2,1H3,(H,13,14). The molecule has 0 unspecified atom stereocenters. The molecule has 0 fully saturated rings. The normalized spacial score (nSPS) is 10.7. The Balaban J connectivity index is 2.47. The van der Waals surface area contributed by atoms with Crippen LogP contribution in [0.2, 0.25) is 0 Å². The fourth-order valence-corrected chi connectivity index (χ4v) is 2.02. The monoisotopic (exact) mass is 221 g/mol. The zero-order valence-corrected chi connectivity index (χ0v) is 9.10. The van der Waals surface area contributed by atoms with Gasteiger partial charge in [0.2, 0.25) is 0 Å². The minimum absolute atomic E-state index is 0.319. The molecular formula is C11H11NO2S. The minimum atomic E-state index is -0.891. The lowest BCUT2D eigenvalue weighted by Gasteiger charge is -1.93. The third-order valence-electron chi connectivity index (χ3n) is 2.23. The van der Waals surface area contributed by atoms with Crippen LogP contribution in [0.15, 0.2) is 24.3 Å². The predicted molar refractivity (Wildman–Crippen MR) is 62.5 cm³/mol. The number of aromatic nitrogens is 1. The number of carboxylic acids is 1. The summed E-state index contributed by atoms with van der Waals surface area (Å²) in [6, 6.07) is 7.18. The van der Waals surface area contributed by atoms with Crippen LogP contribution in [0, 0.1) is 0 Å². The van der Waals surface area contributed by atoms with Crippen molar-refractivity contribution in [2.24, 2.45) is 0 Å². The number of carbonyl (C=O) groups is 1. The van der Waals surface area contributed by atoms with Crippen LogP contribution in [0.3, 0.4) is 0 Å². The van der Waals surface area contributed by atoms with Gasteiger partial charge in [0.1, 0.15) is 0 Å². The van der Waals surface area contributed by atoms with E-state index >= 15 is 0 Å². The van der Waals surface area contributed by atoms with Gasteiger partial charge in [-0.05, 0) is 29.8 Å². The van der Waals surface area contributed by atoms with Crippen LogP contribution in [0.5, 0.6) is 0 Å². The highest BCUT2D eigenvalue weighted by Crippen LogP contribution is 2.19. The topological polar surface area (TPSA) is 53.1 Å². The molecule has 0 aliphatic heterocycles. The molecule has 0 amide bonds. The zero-order chi connectivity index (χ0) is 10.8. The second kappa shape index (κ2) is 3.98. The van der Waals surface area contributed by atoms with Gasteiger partial charge in [-0.1, -0.05) is 6.07 Å². The molecule has 2 aromatic rings. The Morgan fingerprint density at radius 1 is 1.47 bits per heavy atom. The van der Waals surface area contributed by atoms with Crippen LogP contribution in [-0.2, 0) is 5.75 Å². The molecule has 2 N–H and O–H groups in total. The largest absolute Gasteiger partial charge is 0.478 e. The predicted octanol–water partition coefficient (Wildman–Crippen LogP) is 2.73. The number of fused-ring (bicyclic) bond motifs is 1. The third kappa shape index (κ3) is 1.99. The lowest BCUT2D eigenvalue weighted by atomic mass is 10.2. The van der Waals surface area contributed by atoms with Crippen LogP contribution < -0.4 is 0 Å². The number of aromatic amines is 1. The van der Waals surface area contributed by atoms with Crippen molar-refractivity contribution in [1.29, 1.82) is 0 Å². The van der Waals surface area contributed by atoms with Gasteiger partial charge in [-0.3, -0.25) is 0 Å². The van der Waals surface area contributed by atoms with Crippen molar-refractivity contribution < 1.29 is 9.90 Å². The quantitative estimate of drug-likeness (QED) is 0.837. The van der Waals surface area contributed by atoms with Crippen molar-refractivity contribution in [2.45, 2.75) is 5.75 Å². The summed E-state index contributed by atoms with van der Waals surface area (Å²) in [5, 5.41) is 9.90. The van der Waals surface area contributed by atoms with Gasteiger partial charge in [0.05, 0.1) is 5.56 Å². The first-order chi connectivity index (χ1) is 7.20. The first-order valence-electron chi connectivity index (χ1n) is 4.54. The molecule has 15 heavy (non-hydrogen) atoms. The molecular weight excluding hydrogens is 210 g/mol. The second-order valence-corrected chi connectivity index (χ2v) is 4.20. The van der Waals surface area contributed by atoms with Crippen LogP contribution in [0.25, 0.3) is 10.9 Å². The highest BCUT2D eigenvalue weighted by Gasteiger charge is 2.05. The van der Waals surface area contributed by atoms with Gasteiger partial charge in [-0.25, -0.2) is 4.79 Å². The number of H-pyrrole nitrogens is 1. The summed E-state index contributed by atoms with van der Waals surface area (Å²) < 4.78 is 0. The number of hydrogen-bond donors (Lipinski definition) is 2. The van der Waals surface area contributed by atoms with Crippen molar-refractivity contribution in [3.63, 3.8) is 0 Å². The van der Waals surface area contributed by atoms with Crippen LogP contribution >= 0.6 is 11.8 Å². The SMILES string of the molecule is CSCc1cc2ccc(C(=O)O)cc2[nH]1. The van der Waals surface area contributed by atoms with E-state index < -0.39 is 5.97 Å². The van der Waals surface area contributed by atoms with Crippen molar-refractivity contribution >= 4 is 28.6 Å². The van der Waals surface area contributed by atoms with Crippen molar-refractivity contribution in [3.8, 4) is 0 Å². The molecule has 1 heterocycles. The lowest BCUT2D eigenvalue weighted by Crippen LogP contribution is -1.94. The summed E-state index contributed by atoms with van der Waals surface area (Å²) in [5.74, 6) is 0.0230. The van der Waals surface area contributed by atoms with E-state index in [2.05, 4.69) is 11.1 Å². The summed E-state index contributed by atoms with van der Waals surface area (Å²) in [4.78, 5) is 14.0. The van der Waals surface area contributed by atoms with Crippen molar-refractivity contribution in [3.05, 3.63) is 35.5 Å². The molecule has 0 bridgehead atoms. The maximum absolute atomic E-state index is 10.8. The molecule has 1 aromatic heterocycles. The van der Waals surface area contributed by atoms with Gasteiger partial charge in [-0.2, -0.15) is 11.8 Å². The molecule has 0 saturated carbocycles. The van der Waals surface area contributed by atoms with E-state index in [4.69, 9.17) is 5.11 Å². The number of thioether (sulfide) groups is 1. The Kier molecular flexibility index (Phi) is 2.68. The molecule has 0 radical (unpaired) electrons. The summed E-state index contributed by atoms with van der Waals surface area (Å²) in [5.41, 5.74) is 2.33. The van der Waals surface area contributed by atoms with Crippen molar-refractivity contribution in [1.82, 2.24) is 4.98 Å². The molecule has 0 spiro atoms. The van der Waals surface area contributed by atoms with Crippen molar-refractivity contribution in [2.75, 3.05) is 6.26 Å². The van der Waals surface area contributed by atoms with Crippen LogP contribution in [0.1, 0.15) is 16.1 Å². The van der Waals surface area contributed by atoms with Gasteiger partial charge in [0.25, 0.3) is 0 Å². The summed E-state index contributed by atoms with van der Waals surface area (Å²) in [7, 11) is 0. The van der Waals surface area contributed by atoms with Gasteiger partial charge in [-0.15, -0.1) is 0 Å². The van der Waals surface area contributed by atoms with E-state index in [1.54, 1.807) is 23.9 Å². The highest BCUT2D eigenvalue weighted by molar-refractivity contribution is 7.97. The summed E-state index contributed by atoms with van der Waals surface area (Å²) in [6.45, 7) is 0. The van der Waals surface area contributed by atoms with E-state index in [1.807, 2.05) is 12.3 Å².